The van der Waals surface area contributed by atoms with Crippen molar-refractivity contribution in [2.24, 2.45) is 0 Å². The third-order valence-electron chi connectivity index (χ3n) is 5.52. The molecule has 0 aliphatic carbocycles. The molecule has 2 unspecified atom stereocenters. The Labute approximate surface area is 181 Å². The number of carbonyl (C=O) groups is 1. The molecule has 1 aliphatic rings. The topological polar surface area (TPSA) is 43.7 Å². The van der Waals surface area contributed by atoms with E-state index in [1.165, 1.54) is 0 Å². The maximum Gasteiger partial charge on any atom is 0.271 e. The van der Waals surface area contributed by atoms with Crippen LogP contribution in [0.3, 0.4) is 0 Å². The molecule has 0 saturated carbocycles. The second kappa shape index (κ2) is 8.03. The van der Waals surface area contributed by atoms with Crippen molar-refractivity contribution < 1.29 is 14.3 Å². The highest BCUT2D eigenvalue weighted by Gasteiger charge is 2.51. The maximum absolute atomic E-state index is 13.2. The first-order valence-electron chi connectivity index (χ1n) is 10.2. The van der Waals surface area contributed by atoms with Crippen molar-refractivity contribution in [2.45, 2.75) is 12.1 Å². The van der Waals surface area contributed by atoms with Crippen LogP contribution >= 0.6 is 0 Å². The molecule has 0 N–H and O–H groups in total. The molecule has 31 heavy (non-hydrogen) atoms. The molecule has 5 rings (SSSR count). The van der Waals surface area contributed by atoms with Gasteiger partial charge in [-0.25, -0.2) is 0 Å². The fourth-order valence-corrected chi connectivity index (χ4v) is 3.95. The van der Waals surface area contributed by atoms with E-state index in [0.717, 1.165) is 22.7 Å². The Kier molecular flexibility index (Phi) is 4.92. The molecule has 0 radical (unpaired) electrons. The highest BCUT2D eigenvalue weighted by atomic mass is 16.5. The fourth-order valence-electron chi connectivity index (χ4n) is 3.95. The number of aromatic nitrogens is 1. The zero-order chi connectivity index (χ0) is 21.2. The van der Waals surface area contributed by atoms with Gasteiger partial charge in [0.25, 0.3) is 5.91 Å². The summed E-state index contributed by atoms with van der Waals surface area (Å²) >= 11 is 0. The van der Waals surface area contributed by atoms with Gasteiger partial charge in [0.1, 0.15) is 17.5 Å². The summed E-state index contributed by atoms with van der Waals surface area (Å²) < 4.78 is 13.4. The number of carbonyl (C=O) groups excluding carboxylic acids is 1. The van der Waals surface area contributed by atoms with Gasteiger partial charge in [-0.2, -0.15) is 0 Å². The molecule has 1 aromatic heterocycles. The van der Waals surface area contributed by atoms with Crippen molar-refractivity contribution in [1.29, 1.82) is 0 Å². The number of para-hydroxylation sites is 1. The average Bonchev–Trinajstić information content (AvgIpc) is 3.37. The number of hydrogen-bond donors (Lipinski definition) is 0. The molecule has 2 heterocycles. The number of rotatable bonds is 6. The van der Waals surface area contributed by atoms with Crippen molar-refractivity contribution >= 4 is 11.6 Å². The second-order valence-corrected chi connectivity index (χ2v) is 7.39. The summed E-state index contributed by atoms with van der Waals surface area (Å²) in [5.41, 5.74) is 2.87. The highest BCUT2D eigenvalue weighted by Crippen LogP contribution is 2.42. The summed E-state index contributed by atoms with van der Waals surface area (Å²) in [6.07, 6.45) is 3.42. The lowest BCUT2D eigenvalue weighted by molar-refractivity contribution is -0.135. The van der Waals surface area contributed by atoms with Gasteiger partial charge in [-0.05, 0) is 66.2 Å². The lowest BCUT2D eigenvalue weighted by Crippen LogP contribution is -2.61. The van der Waals surface area contributed by atoms with E-state index in [-0.39, 0.29) is 11.9 Å². The first kappa shape index (κ1) is 19.0. The van der Waals surface area contributed by atoms with Gasteiger partial charge in [0, 0.05) is 23.8 Å². The molecule has 0 bridgehead atoms. The Morgan fingerprint density at radius 2 is 1.48 bits per heavy atom. The second-order valence-electron chi connectivity index (χ2n) is 7.39. The van der Waals surface area contributed by atoms with Crippen LogP contribution < -0.4 is 14.4 Å². The lowest BCUT2D eigenvalue weighted by atomic mass is 9.89. The number of methoxy groups -OCH3 is 1. The summed E-state index contributed by atoms with van der Waals surface area (Å²) in [4.78, 5) is 15.0. The molecule has 154 valence electrons. The first-order chi connectivity index (χ1) is 15.2. The quantitative estimate of drug-likeness (QED) is 0.419. The molecule has 2 atom stereocenters. The van der Waals surface area contributed by atoms with Gasteiger partial charge in [0.15, 0.2) is 0 Å². The number of hydrogen-bond acceptors (Lipinski definition) is 3. The van der Waals surface area contributed by atoms with E-state index in [1.54, 1.807) is 12.0 Å². The molecule has 1 amide bonds. The Hall–Kier alpha value is -3.99. The number of nitrogens with zero attached hydrogens (tertiary/aromatic N) is 2. The van der Waals surface area contributed by atoms with Gasteiger partial charge in [0.2, 0.25) is 6.10 Å². The van der Waals surface area contributed by atoms with Gasteiger partial charge >= 0.3 is 0 Å². The summed E-state index contributed by atoms with van der Waals surface area (Å²) in [6, 6.07) is 29.0. The third kappa shape index (κ3) is 3.55. The van der Waals surface area contributed by atoms with Gasteiger partial charge in [-0.15, -0.1) is 0 Å². The minimum atomic E-state index is -0.593. The van der Waals surface area contributed by atoms with Crippen LogP contribution in [-0.2, 0) is 4.79 Å². The van der Waals surface area contributed by atoms with Crippen molar-refractivity contribution in [2.75, 3.05) is 12.0 Å². The average molecular weight is 410 g/mol. The minimum absolute atomic E-state index is 0.0645. The van der Waals surface area contributed by atoms with E-state index in [9.17, 15) is 4.79 Å². The summed E-state index contributed by atoms with van der Waals surface area (Å²) in [5.74, 6) is 1.37. The molecule has 5 nitrogen and oxygen atoms in total. The molecule has 1 saturated heterocycles. The molecule has 0 spiro atoms. The third-order valence-corrected chi connectivity index (χ3v) is 5.52. The smallest absolute Gasteiger partial charge is 0.271 e. The SMILES string of the molecule is COc1ccc(N2C(=O)C(Oc3ccccc3)C2c2cccc(-n3cccc3)c2)cc1. The Bertz CT molecular complexity index is 1170. The van der Waals surface area contributed by atoms with Crippen LogP contribution in [0.5, 0.6) is 11.5 Å². The largest absolute Gasteiger partial charge is 0.497 e. The van der Waals surface area contributed by atoms with Crippen molar-refractivity contribution in [3.63, 3.8) is 0 Å². The van der Waals surface area contributed by atoms with Crippen LogP contribution in [0.4, 0.5) is 5.69 Å². The van der Waals surface area contributed by atoms with Crippen molar-refractivity contribution in [3.05, 3.63) is 109 Å². The Balaban J connectivity index is 1.52. The summed E-state index contributed by atoms with van der Waals surface area (Å²) in [7, 11) is 1.63. The van der Waals surface area contributed by atoms with Crippen LogP contribution in [0.2, 0.25) is 0 Å². The van der Waals surface area contributed by atoms with Crippen LogP contribution in [-0.4, -0.2) is 23.7 Å². The molecular formula is C26H22N2O3. The first-order valence-corrected chi connectivity index (χ1v) is 10.2. The normalized spacial score (nSPS) is 17.8. The Morgan fingerprint density at radius 3 is 2.19 bits per heavy atom. The summed E-state index contributed by atoms with van der Waals surface area (Å²) in [5, 5.41) is 0. The number of amides is 1. The van der Waals surface area contributed by atoms with Gasteiger partial charge in [-0.1, -0.05) is 30.3 Å². The van der Waals surface area contributed by atoms with Crippen LogP contribution in [0.15, 0.2) is 103 Å². The monoisotopic (exact) mass is 410 g/mol. The molecule has 4 aromatic rings. The van der Waals surface area contributed by atoms with Crippen LogP contribution in [0, 0.1) is 0 Å². The number of β-lactam (4-membered cyclic amide) rings is 1. The van der Waals surface area contributed by atoms with E-state index >= 15 is 0 Å². The zero-order valence-corrected chi connectivity index (χ0v) is 17.1. The van der Waals surface area contributed by atoms with Gasteiger partial charge < -0.3 is 14.0 Å². The predicted octanol–water partition coefficient (Wildman–Crippen LogP) is 5.02. The highest BCUT2D eigenvalue weighted by molar-refractivity contribution is 6.05. The van der Waals surface area contributed by atoms with E-state index in [0.29, 0.717) is 5.75 Å². The van der Waals surface area contributed by atoms with E-state index < -0.39 is 6.10 Å². The van der Waals surface area contributed by atoms with Crippen LogP contribution in [0.1, 0.15) is 11.6 Å². The lowest BCUT2D eigenvalue weighted by Gasteiger charge is -2.46. The number of anilines is 1. The summed E-state index contributed by atoms with van der Waals surface area (Å²) in [6.45, 7) is 0. The number of ether oxygens (including phenoxy) is 2. The maximum atomic E-state index is 13.2. The molecule has 5 heteroatoms. The fraction of sp³-hybridized carbons (Fsp3) is 0.115. The van der Waals surface area contributed by atoms with Gasteiger partial charge in [-0.3, -0.25) is 9.69 Å². The minimum Gasteiger partial charge on any atom is -0.497 e. The van der Waals surface area contributed by atoms with E-state index in [2.05, 4.69) is 16.7 Å². The molecule has 3 aromatic carbocycles. The molecule has 1 aliphatic heterocycles. The molecule has 1 fully saturated rings. The number of benzene rings is 3. The van der Waals surface area contributed by atoms with Crippen LogP contribution in [0.25, 0.3) is 5.69 Å². The Morgan fingerprint density at radius 1 is 0.742 bits per heavy atom. The van der Waals surface area contributed by atoms with Crippen molar-refractivity contribution in [1.82, 2.24) is 4.57 Å². The van der Waals surface area contributed by atoms with Crippen molar-refractivity contribution in [3.8, 4) is 17.2 Å². The van der Waals surface area contributed by atoms with E-state index in [1.807, 2.05) is 91.3 Å². The van der Waals surface area contributed by atoms with E-state index in [4.69, 9.17) is 9.47 Å². The standard InChI is InChI=1S/C26H22N2O3/c1-30-22-14-12-20(13-15-22)28-24(25(26(28)29)31-23-10-3-2-4-11-23)19-8-7-9-21(18-19)27-16-5-6-17-27/h2-18,24-25H,1H3. The zero-order valence-electron chi connectivity index (χ0n) is 17.1. The predicted molar refractivity (Wildman–Crippen MR) is 120 cm³/mol. The molecular weight excluding hydrogens is 388 g/mol. The van der Waals surface area contributed by atoms with Gasteiger partial charge in [0.05, 0.1) is 7.11 Å².